The Labute approximate surface area is 199 Å². The minimum absolute atomic E-state index is 0.615. The van der Waals surface area contributed by atoms with Gasteiger partial charge in [0.05, 0.1) is 0 Å². The molecule has 0 aromatic heterocycles. The smallest absolute Gasteiger partial charge is 0.0208 e. The van der Waals surface area contributed by atoms with Crippen molar-refractivity contribution in [1.82, 2.24) is 10.6 Å². The molecule has 2 rings (SSSR count). The minimum atomic E-state index is 0.615. The molecule has 32 heavy (non-hydrogen) atoms. The molecule has 0 aliphatic carbocycles. The standard InChI is InChI=1S/2C15H25N/c1-11(2)9-16-10-15-8-14(12(3)4)7-6-13(15)5;1-5-6-9-16-11-15-10-14(12(2)3)8-7-13(15)4/h6-8,11-12,16H,9-10H2,1-5H3;7-8,10,12,16H,5-6,9,11H2,1-4H3. The van der Waals surface area contributed by atoms with Crippen molar-refractivity contribution < 1.29 is 0 Å². The molecule has 0 saturated carbocycles. The summed E-state index contributed by atoms with van der Waals surface area (Å²) in [7, 11) is 0. The average Bonchev–Trinajstić information content (AvgIpc) is 2.73. The SMILES string of the molecule is CCCCNCc1cc(C(C)C)ccc1C.Cc1ccc(C(C)C)cc1CNCC(C)C. The van der Waals surface area contributed by atoms with Gasteiger partial charge in [-0.15, -0.1) is 0 Å². The van der Waals surface area contributed by atoms with Crippen LogP contribution in [-0.2, 0) is 13.1 Å². The summed E-state index contributed by atoms with van der Waals surface area (Å²) in [6.07, 6.45) is 2.53. The van der Waals surface area contributed by atoms with Crippen LogP contribution in [0.25, 0.3) is 0 Å². The summed E-state index contributed by atoms with van der Waals surface area (Å²) < 4.78 is 0. The summed E-state index contributed by atoms with van der Waals surface area (Å²) >= 11 is 0. The first kappa shape index (κ1) is 28.4. The van der Waals surface area contributed by atoms with Gasteiger partial charge < -0.3 is 10.6 Å². The van der Waals surface area contributed by atoms with Gasteiger partial charge in [-0.3, -0.25) is 0 Å². The van der Waals surface area contributed by atoms with E-state index in [1.165, 1.54) is 46.2 Å². The third-order valence-electron chi connectivity index (χ3n) is 5.97. The Morgan fingerprint density at radius 2 is 1.16 bits per heavy atom. The van der Waals surface area contributed by atoms with Gasteiger partial charge in [-0.1, -0.05) is 91.3 Å². The molecule has 0 spiro atoms. The van der Waals surface area contributed by atoms with Crippen LogP contribution in [0.1, 0.15) is 107 Å². The number of unbranched alkanes of at least 4 members (excludes halogenated alkanes) is 1. The molecule has 0 atom stereocenters. The molecule has 0 aliphatic rings. The van der Waals surface area contributed by atoms with Crippen molar-refractivity contribution in [2.45, 2.75) is 100 Å². The number of hydrogen-bond acceptors (Lipinski definition) is 2. The fraction of sp³-hybridized carbons (Fsp3) is 0.600. The van der Waals surface area contributed by atoms with E-state index in [1.807, 2.05) is 0 Å². The van der Waals surface area contributed by atoms with E-state index >= 15 is 0 Å². The zero-order valence-electron chi connectivity index (χ0n) is 22.4. The van der Waals surface area contributed by atoms with Crippen molar-refractivity contribution in [1.29, 1.82) is 0 Å². The molecule has 0 heterocycles. The quantitative estimate of drug-likeness (QED) is 0.349. The van der Waals surface area contributed by atoms with E-state index in [1.54, 1.807) is 0 Å². The fourth-order valence-corrected chi connectivity index (χ4v) is 3.50. The fourth-order valence-electron chi connectivity index (χ4n) is 3.50. The first-order valence-electron chi connectivity index (χ1n) is 12.8. The third-order valence-corrected chi connectivity index (χ3v) is 5.97. The largest absolute Gasteiger partial charge is 0.313 e. The highest BCUT2D eigenvalue weighted by Crippen LogP contribution is 2.19. The topological polar surface area (TPSA) is 24.1 Å². The summed E-state index contributed by atoms with van der Waals surface area (Å²) in [6.45, 7) is 24.3. The van der Waals surface area contributed by atoms with Crippen LogP contribution in [0.5, 0.6) is 0 Å². The molecular weight excluding hydrogens is 388 g/mol. The zero-order valence-corrected chi connectivity index (χ0v) is 22.4. The second-order valence-corrected chi connectivity index (χ2v) is 10.2. The predicted molar refractivity (Wildman–Crippen MR) is 144 cm³/mol. The average molecular weight is 439 g/mol. The first-order chi connectivity index (χ1) is 15.1. The molecular formula is C30H50N2. The highest BCUT2D eigenvalue weighted by atomic mass is 14.9. The van der Waals surface area contributed by atoms with Crippen LogP contribution >= 0.6 is 0 Å². The number of rotatable bonds is 11. The van der Waals surface area contributed by atoms with Gasteiger partial charge in [0.1, 0.15) is 0 Å². The Morgan fingerprint density at radius 3 is 1.56 bits per heavy atom. The van der Waals surface area contributed by atoms with E-state index in [-0.39, 0.29) is 0 Å². The molecule has 0 unspecified atom stereocenters. The lowest BCUT2D eigenvalue weighted by molar-refractivity contribution is 0.551. The van der Waals surface area contributed by atoms with E-state index in [4.69, 9.17) is 0 Å². The highest BCUT2D eigenvalue weighted by Gasteiger charge is 2.04. The summed E-state index contributed by atoms with van der Waals surface area (Å²) in [5.41, 5.74) is 8.55. The second kappa shape index (κ2) is 15.2. The number of hydrogen-bond donors (Lipinski definition) is 2. The van der Waals surface area contributed by atoms with E-state index < -0.39 is 0 Å². The van der Waals surface area contributed by atoms with Crippen LogP contribution in [0.2, 0.25) is 0 Å². The lowest BCUT2D eigenvalue weighted by Crippen LogP contribution is -2.19. The summed E-state index contributed by atoms with van der Waals surface area (Å²) in [5, 5.41) is 7.02. The molecule has 0 aliphatic heterocycles. The highest BCUT2D eigenvalue weighted by molar-refractivity contribution is 5.33. The van der Waals surface area contributed by atoms with Gasteiger partial charge in [0.25, 0.3) is 0 Å². The molecule has 0 saturated heterocycles. The Balaban J connectivity index is 0.000000320. The van der Waals surface area contributed by atoms with Gasteiger partial charge in [-0.2, -0.15) is 0 Å². The molecule has 2 heteroatoms. The molecule has 2 aromatic rings. The van der Waals surface area contributed by atoms with Gasteiger partial charge in [-0.05, 0) is 84.5 Å². The number of nitrogens with one attached hydrogen (secondary N) is 2. The van der Waals surface area contributed by atoms with Crippen molar-refractivity contribution in [2.24, 2.45) is 5.92 Å². The van der Waals surface area contributed by atoms with Crippen molar-refractivity contribution >= 4 is 0 Å². The van der Waals surface area contributed by atoms with Gasteiger partial charge in [0, 0.05) is 13.1 Å². The number of aryl methyl sites for hydroxylation is 2. The Hall–Kier alpha value is -1.64. The summed E-state index contributed by atoms with van der Waals surface area (Å²) in [6, 6.07) is 13.7. The van der Waals surface area contributed by atoms with Crippen molar-refractivity contribution in [2.75, 3.05) is 13.1 Å². The monoisotopic (exact) mass is 438 g/mol. The third kappa shape index (κ3) is 10.8. The van der Waals surface area contributed by atoms with Gasteiger partial charge in [0.2, 0.25) is 0 Å². The zero-order chi connectivity index (χ0) is 24.1. The van der Waals surface area contributed by atoms with Crippen molar-refractivity contribution in [3.63, 3.8) is 0 Å². The van der Waals surface area contributed by atoms with E-state index in [0.717, 1.165) is 26.2 Å². The molecule has 2 nitrogen and oxygen atoms in total. The summed E-state index contributed by atoms with van der Waals surface area (Å²) in [4.78, 5) is 0. The predicted octanol–water partition coefficient (Wildman–Crippen LogP) is 7.87. The Bertz CT molecular complexity index is 774. The first-order valence-corrected chi connectivity index (χ1v) is 12.8. The van der Waals surface area contributed by atoms with Crippen molar-refractivity contribution in [3.05, 3.63) is 69.8 Å². The maximum Gasteiger partial charge on any atom is 0.0208 e. The van der Waals surface area contributed by atoms with Crippen LogP contribution in [0.4, 0.5) is 0 Å². The van der Waals surface area contributed by atoms with Crippen LogP contribution in [-0.4, -0.2) is 13.1 Å². The summed E-state index contributed by atoms with van der Waals surface area (Å²) in [5.74, 6) is 1.95. The normalized spacial score (nSPS) is 11.2. The minimum Gasteiger partial charge on any atom is -0.313 e. The van der Waals surface area contributed by atoms with Gasteiger partial charge >= 0.3 is 0 Å². The molecule has 0 bridgehead atoms. The van der Waals surface area contributed by atoms with Crippen molar-refractivity contribution in [3.8, 4) is 0 Å². The van der Waals surface area contributed by atoms with E-state index in [0.29, 0.717) is 17.8 Å². The van der Waals surface area contributed by atoms with Crippen LogP contribution in [0.15, 0.2) is 36.4 Å². The van der Waals surface area contributed by atoms with Gasteiger partial charge in [-0.25, -0.2) is 0 Å². The molecule has 2 aromatic carbocycles. The van der Waals surface area contributed by atoms with E-state index in [9.17, 15) is 0 Å². The maximum atomic E-state index is 3.51. The molecule has 0 fully saturated rings. The number of benzene rings is 2. The Kier molecular flexibility index (Phi) is 13.5. The van der Waals surface area contributed by atoms with Gasteiger partial charge in [0.15, 0.2) is 0 Å². The van der Waals surface area contributed by atoms with Crippen LogP contribution in [0, 0.1) is 19.8 Å². The second-order valence-electron chi connectivity index (χ2n) is 10.2. The lowest BCUT2D eigenvalue weighted by Gasteiger charge is -2.13. The van der Waals surface area contributed by atoms with Crippen LogP contribution in [0.3, 0.4) is 0 Å². The Morgan fingerprint density at radius 1 is 0.688 bits per heavy atom. The molecule has 0 radical (unpaired) electrons. The molecule has 0 amide bonds. The van der Waals surface area contributed by atoms with E-state index in [2.05, 4.69) is 109 Å². The maximum absolute atomic E-state index is 3.51. The lowest BCUT2D eigenvalue weighted by atomic mass is 9.98. The molecule has 2 N–H and O–H groups in total. The molecule has 180 valence electrons. The van der Waals surface area contributed by atoms with Crippen LogP contribution < -0.4 is 10.6 Å².